The number of hydrogen-bond acceptors (Lipinski definition) is 3. The van der Waals surface area contributed by atoms with Gasteiger partial charge in [0.2, 0.25) is 5.91 Å². The number of amides is 1. The van der Waals surface area contributed by atoms with Crippen LogP contribution >= 0.6 is 0 Å². The van der Waals surface area contributed by atoms with Crippen LogP contribution in [0.5, 0.6) is 0 Å². The lowest BCUT2D eigenvalue weighted by atomic mass is 10.2. The van der Waals surface area contributed by atoms with Gasteiger partial charge in [-0.05, 0) is 12.1 Å². The molecule has 1 amide bonds. The summed E-state index contributed by atoms with van der Waals surface area (Å²) in [5.41, 5.74) is 6.60. The summed E-state index contributed by atoms with van der Waals surface area (Å²) in [6, 6.07) is 7.59. The Labute approximate surface area is 80.7 Å². The van der Waals surface area contributed by atoms with Crippen LogP contribution in [0.1, 0.15) is 0 Å². The van der Waals surface area contributed by atoms with Crippen LogP contribution in [0.3, 0.4) is 0 Å². The van der Waals surface area contributed by atoms with Gasteiger partial charge in [-0.2, -0.15) is 0 Å². The number of fused-ring (bicyclic) bond motifs is 1. The Morgan fingerprint density at radius 3 is 3.00 bits per heavy atom. The third-order valence-electron chi connectivity index (χ3n) is 1.93. The number of nitrogens with two attached hydrogens (primary N) is 1. The number of furan rings is 1. The minimum absolute atomic E-state index is 0.115. The highest BCUT2D eigenvalue weighted by atomic mass is 16.3. The molecule has 0 aliphatic carbocycles. The molecule has 1 aromatic heterocycles. The topological polar surface area (TPSA) is 68.3 Å². The number of primary amides is 1. The molecule has 14 heavy (non-hydrogen) atoms. The van der Waals surface area contributed by atoms with E-state index in [9.17, 15) is 4.79 Å². The summed E-state index contributed by atoms with van der Waals surface area (Å²) in [5, 5.41) is 3.85. The zero-order valence-electron chi connectivity index (χ0n) is 7.49. The van der Waals surface area contributed by atoms with Crippen LogP contribution in [0.25, 0.3) is 11.0 Å². The second-order valence-electron chi connectivity index (χ2n) is 2.97. The number of carbonyl (C=O) groups is 1. The molecule has 0 fully saturated rings. The summed E-state index contributed by atoms with van der Waals surface area (Å²) in [4.78, 5) is 10.6. The third-order valence-corrected chi connectivity index (χ3v) is 1.93. The maximum Gasteiger partial charge on any atom is 0.236 e. The monoisotopic (exact) mass is 190 g/mol. The maximum atomic E-state index is 10.6. The molecule has 1 heterocycles. The molecule has 0 aliphatic rings. The van der Waals surface area contributed by atoms with Crippen molar-refractivity contribution in [1.82, 2.24) is 0 Å². The Hall–Kier alpha value is -1.97. The van der Waals surface area contributed by atoms with Gasteiger partial charge in [-0.1, -0.05) is 12.1 Å². The molecule has 2 aromatic rings. The fourth-order valence-electron chi connectivity index (χ4n) is 1.30. The standard InChI is InChI=1S/C10H10N2O2/c11-10(13)5-12-8-6-14-9-4-2-1-3-7(8)9/h1-4,6,12H,5H2,(H2,11,13). The Balaban J connectivity index is 2.29. The summed E-state index contributed by atoms with van der Waals surface area (Å²) in [5.74, 6) is -0.393. The molecule has 4 heteroatoms. The van der Waals surface area contributed by atoms with Crippen molar-refractivity contribution in [3.05, 3.63) is 30.5 Å². The van der Waals surface area contributed by atoms with Crippen LogP contribution < -0.4 is 11.1 Å². The lowest BCUT2D eigenvalue weighted by Gasteiger charge is -1.99. The average molecular weight is 190 g/mol. The van der Waals surface area contributed by atoms with Crippen LogP contribution in [0.2, 0.25) is 0 Å². The highest BCUT2D eigenvalue weighted by Gasteiger charge is 2.04. The molecule has 1 aromatic carbocycles. The third kappa shape index (κ3) is 1.54. The minimum Gasteiger partial charge on any atom is -0.462 e. The van der Waals surface area contributed by atoms with Crippen molar-refractivity contribution in [1.29, 1.82) is 0 Å². The van der Waals surface area contributed by atoms with E-state index in [-0.39, 0.29) is 6.54 Å². The summed E-state index contributed by atoms with van der Waals surface area (Å²) >= 11 is 0. The van der Waals surface area contributed by atoms with Crippen molar-refractivity contribution in [2.45, 2.75) is 0 Å². The summed E-state index contributed by atoms with van der Waals surface area (Å²) in [6.07, 6.45) is 1.58. The molecule has 0 bridgehead atoms. The average Bonchev–Trinajstić information content (AvgIpc) is 2.58. The zero-order valence-corrected chi connectivity index (χ0v) is 7.49. The van der Waals surface area contributed by atoms with E-state index >= 15 is 0 Å². The fraction of sp³-hybridized carbons (Fsp3) is 0.100. The Bertz CT molecular complexity index is 462. The Morgan fingerprint density at radius 1 is 1.43 bits per heavy atom. The van der Waals surface area contributed by atoms with Crippen molar-refractivity contribution in [3.8, 4) is 0 Å². The number of rotatable bonds is 3. The Morgan fingerprint density at radius 2 is 2.21 bits per heavy atom. The largest absolute Gasteiger partial charge is 0.462 e. The minimum atomic E-state index is -0.393. The van der Waals surface area contributed by atoms with Crippen LogP contribution in [0.4, 0.5) is 5.69 Å². The first-order valence-electron chi connectivity index (χ1n) is 4.26. The Kier molecular flexibility index (Phi) is 2.10. The van der Waals surface area contributed by atoms with E-state index in [1.54, 1.807) is 6.26 Å². The van der Waals surface area contributed by atoms with Gasteiger partial charge >= 0.3 is 0 Å². The summed E-state index contributed by atoms with van der Waals surface area (Å²) in [7, 11) is 0. The van der Waals surface area contributed by atoms with Crippen molar-refractivity contribution in [2.24, 2.45) is 5.73 Å². The number of benzene rings is 1. The second-order valence-corrected chi connectivity index (χ2v) is 2.97. The second kappa shape index (κ2) is 3.41. The number of anilines is 1. The van der Waals surface area contributed by atoms with Gasteiger partial charge in [0.05, 0.1) is 12.2 Å². The zero-order chi connectivity index (χ0) is 9.97. The molecular weight excluding hydrogens is 180 g/mol. The lowest BCUT2D eigenvalue weighted by molar-refractivity contribution is -0.116. The predicted octanol–water partition coefficient (Wildman–Crippen LogP) is 1.33. The van der Waals surface area contributed by atoms with Gasteiger partial charge in [0.1, 0.15) is 11.8 Å². The highest BCUT2D eigenvalue weighted by molar-refractivity contribution is 5.92. The maximum absolute atomic E-state index is 10.6. The number of para-hydroxylation sites is 1. The van der Waals surface area contributed by atoms with E-state index in [1.165, 1.54) is 0 Å². The van der Waals surface area contributed by atoms with Crippen molar-refractivity contribution >= 4 is 22.6 Å². The van der Waals surface area contributed by atoms with Crippen LogP contribution in [-0.2, 0) is 4.79 Å². The molecule has 0 unspecified atom stereocenters. The van der Waals surface area contributed by atoms with Gasteiger partial charge in [-0.3, -0.25) is 4.79 Å². The van der Waals surface area contributed by atoms with E-state index in [4.69, 9.17) is 10.2 Å². The molecule has 0 saturated heterocycles. The molecule has 0 radical (unpaired) electrons. The normalized spacial score (nSPS) is 10.3. The molecule has 0 spiro atoms. The van der Waals surface area contributed by atoms with E-state index in [1.807, 2.05) is 24.3 Å². The van der Waals surface area contributed by atoms with Crippen molar-refractivity contribution < 1.29 is 9.21 Å². The fourth-order valence-corrected chi connectivity index (χ4v) is 1.30. The molecule has 0 atom stereocenters. The quantitative estimate of drug-likeness (QED) is 0.767. The molecule has 0 saturated carbocycles. The SMILES string of the molecule is NC(=O)CNc1coc2ccccc12. The van der Waals surface area contributed by atoms with Crippen LogP contribution in [-0.4, -0.2) is 12.5 Å². The van der Waals surface area contributed by atoms with Gasteiger partial charge in [-0.25, -0.2) is 0 Å². The first-order chi connectivity index (χ1) is 6.77. The highest BCUT2D eigenvalue weighted by Crippen LogP contribution is 2.24. The van der Waals surface area contributed by atoms with E-state index in [2.05, 4.69) is 5.32 Å². The van der Waals surface area contributed by atoms with Crippen LogP contribution in [0, 0.1) is 0 Å². The first-order valence-corrected chi connectivity index (χ1v) is 4.26. The van der Waals surface area contributed by atoms with Gasteiger partial charge in [0.25, 0.3) is 0 Å². The molecule has 4 nitrogen and oxygen atoms in total. The molecule has 3 N–H and O–H groups in total. The molecular formula is C10H10N2O2. The molecule has 2 rings (SSSR count). The van der Waals surface area contributed by atoms with Crippen molar-refractivity contribution in [2.75, 3.05) is 11.9 Å². The van der Waals surface area contributed by atoms with Gasteiger partial charge in [0.15, 0.2) is 0 Å². The number of hydrogen-bond donors (Lipinski definition) is 2. The number of nitrogens with one attached hydrogen (secondary N) is 1. The smallest absolute Gasteiger partial charge is 0.236 e. The summed E-state index contributed by atoms with van der Waals surface area (Å²) in [6.45, 7) is 0.115. The first kappa shape index (κ1) is 8.62. The molecule has 0 aliphatic heterocycles. The number of carbonyl (C=O) groups excluding carboxylic acids is 1. The van der Waals surface area contributed by atoms with E-state index < -0.39 is 5.91 Å². The van der Waals surface area contributed by atoms with E-state index in [0.29, 0.717) is 0 Å². The lowest BCUT2D eigenvalue weighted by Crippen LogP contribution is -2.21. The van der Waals surface area contributed by atoms with Crippen LogP contribution in [0.15, 0.2) is 34.9 Å². The van der Waals surface area contributed by atoms with Crippen molar-refractivity contribution in [3.63, 3.8) is 0 Å². The van der Waals surface area contributed by atoms with Gasteiger partial charge in [0, 0.05) is 5.39 Å². The van der Waals surface area contributed by atoms with E-state index in [0.717, 1.165) is 16.7 Å². The van der Waals surface area contributed by atoms with Gasteiger partial charge < -0.3 is 15.5 Å². The van der Waals surface area contributed by atoms with Gasteiger partial charge in [-0.15, -0.1) is 0 Å². The summed E-state index contributed by atoms with van der Waals surface area (Å²) < 4.78 is 5.27. The molecule has 72 valence electrons. The predicted molar refractivity (Wildman–Crippen MR) is 53.9 cm³/mol.